The maximum atomic E-state index is 12.5. The monoisotopic (exact) mass is 363 g/mol. The summed E-state index contributed by atoms with van der Waals surface area (Å²) >= 11 is 0. The fraction of sp³-hybridized carbons (Fsp3) is 0.941. The zero-order chi connectivity index (χ0) is 14.2. The van der Waals surface area contributed by atoms with E-state index in [-0.39, 0.29) is 24.8 Å². The summed E-state index contributed by atoms with van der Waals surface area (Å²) in [6.45, 7) is 4.14. The number of hydrogen-bond acceptors (Lipinski definition) is 3. The van der Waals surface area contributed by atoms with E-state index in [2.05, 4.69) is 15.1 Å². The van der Waals surface area contributed by atoms with Crippen LogP contribution < -0.4 is 5.32 Å². The van der Waals surface area contributed by atoms with E-state index < -0.39 is 0 Å². The number of piperazine rings is 1. The van der Waals surface area contributed by atoms with Crippen LogP contribution in [-0.2, 0) is 4.79 Å². The molecule has 4 aliphatic rings. The molecule has 3 saturated heterocycles. The van der Waals surface area contributed by atoms with E-state index in [0.29, 0.717) is 23.9 Å². The van der Waals surface area contributed by atoms with Gasteiger partial charge in [0.05, 0.1) is 0 Å². The van der Waals surface area contributed by atoms with E-state index in [1.54, 1.807) is 0 Å². The Hall–Kier alpha value is -0.0300. The van der Waals surface area contributed by atoms with Gasteiger partial charge in [-0.3, -0.25) is 9.69 Å². The summed E-state index contributed by atoms with van der Waals surface area (Å²) in [6, 6.07) is 2.25. The summed E-state index contributed by atoms with van der Waals surface area (Å²) < 4.78 is 0. The van der Waals surface area contributed by atoms with Gasteiger partial charge in [-0.2, -0.15) is 0 Å². The van der Waals surface area contributed by atoms with Crippen molar-refractivity contribution < 1.29 is 4.79 Å². The van der Waals surface area contributed by atoms with Gasteiger partial charge in [0.25, 0.3) is 0 Å². The number of carbonyl (C=O) groups is 1. The molecule has 2 unspecified atom stereocenters. The number of piperidine rings is 1. The van der Waals surface area contributed by atoms with Crippen LogP contribution >= 0.6 is 24.8 Å². The van der Waals surface area contributed by atoms with Gasteiger partial charge in [-0.05, 0) is 44.4 Å². The second kappa shape index (κ2) is 8.37. The quantitative estimate of drug-likeness (QED) is 0.836. The molecule has 23 heavy (non-hydrogen) atoms. The van der Waals surface area contributed by atoms with Crippen LogP contribution in [0.15, 0.2) is 0 Å². The van der Waals surface area contributed by atoms with Gasteiger partial charge >= 0.3 is 0 Å². The van der Waals surface area contributed by atoms with E-state index in [0.717, 1.165) is 38.6 Å². The molecule has 134 valence electrons. The maximum Gasteiger partial charge on any atom is 0.222 e. The first-order valence-electron chi connectivity index (χ1n) is 9.06. The first kappa shape index (κ1) is 19.3. The minimum atomic E-state index is 0. The molecule has 0 radical (unpaired) electrons. The number of carbonyl (C=O) groups excluding carboxylic acids is 1. The van der Waals surface area contributed by atoms with Crippen LogP contribution in [0.3, 0.4) is 0 Å². The van der Waals surface area contributed by atoms with Crippen molar-refractivity contribution in [1.29, 1.82) is 0 Å². The molecule has 1 N–H and O–H groups in total. The third-order valence-electron chi connectivity index (χ3n) is 6.29. The van der Waals surface area contributed by atoms with E-state index in [1.165, 1.54) is 44.9 Å². The van der Waals surface area contributed by atoms with E-state index in [4.69, 9.17) is 0 Å². The Labute approximate surface area is 152 Å². The topological polar surface area (TPSA) is 35.6 Å². The van der Waals surface area contributed by atoms with Crippen molar-refractivity contribution in [2.24, 2.45) is 5.92 Å². The Kier molecular flexibility index (Phi) is 7.02. The minimum absolute atomic E-state index is 0. The SMILES string of the molecule is Cl.Cl.O=C(CC1CC2CCC(C1)N2)N1CCN(C2CCC2)CC1. The summed E-state index contributed by atoms with van der Waals surface area (Å²) in [7, 11) is 0. The maximum absolute atomic E-state index is 12.5. The van der Waals surface area contributed by atoms with Crippen LogP contribution in [0.2, 0.25) is 0 Å². The molecule has 4 nitrogen and oxygen atoms in total. The largest absolute Gasteiger partial charge is 0.340 e. The van der Waals surface area contributed by atoms with Crippen LogP contribution in [0.4, 0.5) is 0 Å². The lowest BCUT2D eigenvalue weighted by Crippen LogP contribution is -2.53. The number of hydrogen-bond donors (Lipinski definition) is 1. The van der Waals surface area contributed by atoms with Crippen molar-refractivity contribution in [3.63, 3.8) is 0 Å². The van der Waals surface area contributed by atoms with Gasteiger partial charge in [-0.25, -0.2) is 0 Å². The Morgan fingerprint density at radius 2 is 1.52 bits per heavy atom. The van der Waals surface area contributed by atoms with Gasteiger partial charge in [0.2, 0.25) is 5.91 Å². The van der Waals surface area contributed by atoms with Gasteiger partial charge in [-0.15, -0.1) is 24.8 Å². The lowest BCUT2D eigenvalue weighted by Gasteiger charge is -2.43. The number of rotatable bonds is 3. The van der Waals surface area contributed by atoms with Crippen molar-refractivity contribution in [3.05, 3.63) is 0 Å². The second-order valence-electron chi connectivity index (χ2n) is 7.68. The third kappa shape index (κ3) is 4.33. The Bertz CT molecular complexity index is 385. The number of nitrogens with zero attached hydrogens (tertiary/aromatic N) is 2. The Balaban J connectivity index is 0.000000960. The number of fused-ring (bicyclic) bond motifs is 2. The van der Waals surface area contributed by atoms with Crippen LogP contribution in [-0.4, -0.2) is 60.0 Å². The van der Waals surface area contributed by atoms with Crippen LogP contribution in [0.25, 0.3) is 0 Å². The van der Waals surface area contributed by atoms with Crippen molar-refractivity contribution in [3.8, 4) is 0 Å². The molecule has 6 heteroatoms. The fourth-order valence-electron chi connectivity index (χ4n) is 4.81. The lowest BCUT2D eigenvalue weighted by atomic mass is 9.89. The average molecular weight is 364 g/mol. The summed E-state index contributed by atoms with van der Waals surface area (Å²) in [6.07, 6.45) is 10.1. The first-order chi connectivity index (χ1) is 10.3. The Morgan fingerprint density at radius 3 is 2.04 bits per heavy atom. The standard InChI is InChI=1S/C17H29N3O.2ClH/c21-17(12-13-10-14-4-5-15(11-13)18-14)20-8-6-19(7-9-20)16-2-1-3-16;;/h13-16,18H,1-12H2;2*1H. The first-order valence-corrected chi connectivity index (χ1v) is 9.06. The lowest BCUT2D eigenvalue weighted by molar-refractivity contribution is -0.134. The summed E-state index contributed by atoms with van der Waals surface area (Å²) in [4.78, 5) is 17.3. The normalized spacial score (nSPS) is 34.3. The predicted octanol–water partition coefficient (Wildman–Crippen LogP) is 2.45. The zero-order valence-electron chi connectivity index (χ0n) is 13.9. The minimum Gasteiger partial charge on any atom is -0.340 e. The molecule has 2 bridgehead atoms. The van der Waals surface area contributed by atoms with E-state index >= 15 is 0 Å². The number of nitrogens with one attached hydrogen (secondary N) is 1. The Morgan fingerprint density at radius 1 is 0.913 bits per heavy atom. The molecular formula is C17H31Cl2N3O. The highest BCUT2D eigenvalue weighted by atomic mass is 35.5. The molecule has 3 heterocycles. The van der Waals surface area contributed by atoms with Gasteiger partial charge in [-0.1, -0.05) is 6.42 Å². The van der Waals surface area contributed by atoms with Crippen molar-refractivity contribution in [2.45, 2.75) is 69.5 Å². The number of amides is 1. The van der Waals surface area contributed by atoms with Crippen LogP contribution in [0, 0.1) is 5.92 Å². The molecule has 4 rings (SSSR count). The fourth-order valence-corrected chi connectivity index (χ4v) is 4.81. The third-order valence-corrected chi connectivity index (χ3v) is 6.29. The van der Waals surface area contributed by atoms with Gasteiger partial charge in [0, 0.05) is 50.7 Å². The zero-order valence-corrected chi connectivity index (χ0v) is 15.5. The molecule has 3 aliphatic heterocycles. The highest BCUT2D eigenvalue weighted by molar-refractivity contribution is 5.85. The molecule has 0 aromatic carbocycles. The van der Waals surface area contributed by atoms with Crippen molar-refractivity contribution >= 4 is 30.7 Å². The van der Waals surface area contributed by atoms with E-state index in [9.17, 15) is 4.79 Å². The molecule has 1 amide bonds. The number of halogens is 2. The van der Waals surface area contributed by atoms with Crippen LogP contribution in [0.5, 0.6) is 0 Å². The molecule has 1 aliphatic carbocycles. The average Bonchev–Trinajstić information content (AvgIpc) is 2.77. The van der Waals surface area contributed by atoms with Crippen molar-refractivity contribution in [1.82, 2.24) is 15.1 Å². The molecular weight excluding hydrogens is 333 g/mol. The molecule has 0 aromatic rings. The second-order valence-corrected chi connectivity index (χ2v) is 7.68. The molecule has 4 fully saturated rings. The van der Waals surface area contributed by atoms with Gasteiger partial charge < -0.3 is 10.2 Å². The summed E-state index contributed by atoms with van der Waals surface area (Å²) in [5.41, 5.74) is 0. The molecule has 2 atom stereocenters. The predicted molar refractivity (Wildman–Crippen MR) is 97.6 cm³/mol. The summed E-state index contributed by atoms with van der Waals surface area (Å²) in [5, 5.41) is 3.67. The van der Waals surface area contributed by atoms with Crippen LogP contribution in [0.1, 0.15) is 51.4 Å². The van der Waals surface area contributed by atoms with Gasteiger partial charge in [0.1, 0.15) is 0 Å². The highest BCUT2D eigenvalue weighted by Gasteiger charge is 2.35. The smallest absolute Gasteiger partial charge is 0.222 e. The molecule has 0 spiro atoms. The molecule has 1 saturated carbocycles. The van der Waals surface area contributed by atoms with Crippen molar-refractivity contribution in [2.75, 3.05) is 26.2 Å². The van der Waals surface area contributed by atoms with Gasteiger partial charge in [0.15, 0.2) is 0 Å². The van der Waals surface area contributed by atoms with E-state index in [1.807, 2.05) is 0 Å². The molecule has 0 aromatic heterocycles. The summed E-state index contributed by atoms with van der Waals surface area (Å²) in [5.74, 6) is 1.07. The highest BCUT2D eigenvalue weighted by Crippen LogP contribution is 2.33.